The molecule has 0 aliphatic carbocycles. The van der Waals surface area contributed by atoms with Crippen LogP contribution in [-0.2, 0) is 6.54 Å². The number of rotatable bonds is 6. The van der Waals surface area contributed by atoms with Crippen molar-refractivity contribution in [1.29, 1.82) is 0 Å². The zero-order chi connectivity index (χ0) is 18.4. The number of amides is 2. The lowest BCUT2D eigenvalue weighted by molar-refractivity contribution is 0.185. The minimum absolute atomic E-state index is 0.0169. The number of benzene rings is 1. The van der Waals surface area contributed by atoms with Crippen LogP contribution < -0.4 is 5.32 Å². The highest BCUT2D eigenvalue weighted by molar-refractivity contribution is 5.77. The molecule has 1 saturated heterocycles. The van der Waals surface area contributed by atoms with Gasteiger partial charge in [0, 0.05) is 26.2 Å². The van der Waals surface area contributed by atoms with E-state index in [0.29, 0.717) is 6.54 Å². The number of nitrogens with zero attached hydrogens (tertiary/aromatic N) is 3. The standard InChI is InChI=1S/C20H31N5O/c1-3-25(13-12-24-10-6-4-5-7-11-24)20(26)21-15-17-8-9-18-19(14-17)23-16(2)22-18/h8-9,14H,3-7,10-13,15H2,1-2H3,(H,21,26)(H,22,23). The van der Waals surface area contributed by atoms with E-state index in [-0.39, 0.29) is 6.03 Å². The van der Waals surface area contributed by atoms with Crippen LogP contribution in [0.4, 0.5) is 4.79 Å². The maximum absolute atomic E-state index is 12.5. The topological polar surface area (TPSA) is 64.3 Å². The van der Waals surface area contributed by atoms with E-state index in [1.807, 2.05) is 30.9 Å². The monoisotopic (exact) mass is 357 g/mol. The summed E-state index contributed by atoms with van der Waals surface area (Å²) in [7, 11) is 0. The van der Waals surface area contributed by atoms with Crippen molar-refractivity contribution in [2.24, 2.45) is 0 Å². The Labute approximate surface area is 156 Å². The summed E-state index contributed by atoms with van der Waals surface area (Å²) in [5, 5.41) is 3.06. The van der Waals surface area contributed by atoms with Gasteiger partial charge in [-0.3, -0.25) is 0 Å². The molecular formula is C20H31N5O. The van der Waals surface area contributed by atoms with Crippen molar-refractivity contribution in [3.05, 3.63) is 29.6 Å². The number of aromatic nitrogens is 2. The molecule has 0 unspecified atom stereocenters. The van der Waals surface area contributed by atoms with Gasteiger partial charge >= 0.3 is 6.03 Å². The van der Waals surface area contributed by atoms with Crippen molar-refractivity contribution in [2.75, 3.05) is 32.7 Å². The molecule has 1 aromatic heterocycles. The number of imidazole rings is 1. The fraction of sp³-hybridized carbons (Fsp3) is 0.600. The first-order valence-corrected chi connectivity index (χ1v) is 9.86. The van der Waals surface area contributed by atoms with E-state index in [1.54, 1.807) is 0 Å². The maximum Gasteiger partial charge on any atom is 0.317 e. The van der Waals surface area contributed by atoms with Gasteiger partial charge in [0.2, 0.25) is 0 Å². The van der Waals surface area contributed by atoms with E-state index >= 15 is 0 Å². The number of nitrogens with one attached hydrogen (secondary N) is 2. The largest absolute Gasteiger partial charge is 0.342 e. The van der Waals surface area contributed by atoms with Crippen LogP contribution in [-0.4, -0.2) is 58.5 Å². The summed E-state index contributed by atoms with van der Waals surface area (Å²) in [4.78, 5) is 24.6. The normalized spacial score (nSPS) is 15.8. The number of hydrogen-bond acceptors (Lipinski definition) is 3. The number of aryl methyl sites for hydroxylation is 1. The quantitative estimate of drug-likeness (QED) is 0.834. The molecule has 0 spiro atoms. The molecule has 3 rings (SSSR count). The minimum atomic E-state index is 0.0169. The van der Waals surface area contributed by atoms with Gasteiger partial charge < -0.3 is 20.1 Å². The van der Waals surface area contributed by atoms with Crippen LogP contribution in [0.1, 0.15) is 44.0 Å². The van der Waals surface area contributed by atoms with Crippen molar-refractivity contribution in [1.82, 2.24) is 25.1 Å². The summed E-state index contributed by atoms with van der Waals surface area (Å²) in [5.41, 5.74) is 3.06. The Morgan fingerprint density at radius 3 is 2.77 bits per heavy atom. The molecule has 0 bridgehead atoms. The molecule has 2 N–H and O–H groups in total. The summed E-state index contributed by atoms with van der Waals surface area (Å²) in [5.74, 6) is 0.909. The highest BCUT2D eigenvalue weighted by Crippen LogP contribution is 2.13. The fourth-order valence-corrected chi connectivity index (χ4v) is 3.61. The molecule has 1 aliphatic rings. The molecule has 0 atom stereocenters. The Bertz CT molecular complexity index is 718. The Kier molecular flexibility index (Phi) is 6.50. The Morgan fingerprint density at radius 1 is 1.27 bits per heavy atom. The van der Waals surface area contributed by atoms with E-state index in [9.17, 15) is 4.79 Å². The van der Waals surface area contributed by atoms with Gasteiger partial charge in [-0.1, -0.05) is 18.9 Å². The summed E-state index contributed by atoms with van der Waals surface area (Å²) in [6, 6.07) is 6.10. The van der Waals surface area contributed by atoms with Crippen molar-refractivity contribution >= 4 is 17.1 Å². The Balaban J connectivity index is 1.49. The number of likely N-dealkylation sites (tertiary alicyclic amines) is 1. The summed E-state index contributed by atoms with van der Waals surface area (Å²) in [6.45, 7) is 9.37. The van der Waals surface area contributed by atoms with Crippen LogP contribution in [0.5, 0.6) is 0 Å². The number of hydrogen-bond donors (Lipinski definition) is 2. The van der Waals surface area contributed by atoms with Gasteiger partial charge in [0.15, 0.2) is 0 Å². The van der Waals surface area contributed by atoms with Crippen LogP contribution in [0.15, 0.2) is 18.2 Å². The Morgan fingerprint density at radius 2 is 2.04 bits per heavy atom. The van der Waals surface area contributed by atoms with E-state index < -0.39 is 0 Å². The number of carbonyl (C=O) groups is 1. The summed E-state index contributed by atoms with van der Waals surface area (Å²) >= 11 is 0. The zero-order valence-corrected chi connectivity index (χ0v) is 16.1. The molecule has 1 aliphatic heterocycles. The predicted molar refractivity (Wildman–Crippen MR) is 105 cm³/mol. The molecule has 6 heteroatoms. The van der Waals surface area contributed by atoms with Crippen LogP contribution in [0.3, 0.4) is 0 Å². The third kappa shape index (κ3) is 4.97. The Hall–Kier alpha value is -2.08. The molecule has 0 radical (unpaired) electrons. The second kappa shape index (κ2) is 9.03. The lowest BCUT2D eigenvalue weighted by atomic mass is 10.2. The van der Waals surface area contributed by atoms with Gasteiger partial charge in [0.25, 0.3) is 0 Å². The number of aromatic amines is 1. The second-order valence-corrected chi connectivity index (χ2v) is 7.17. The molecule has 26 heavy (non-hydrogen) atoms. The molecule has 0 saturated carbocycles. The lowest BCUT2D eigenvalue weighted by Crippen LogP contribution is -2.43. The SMILES string of the molecule is CCN(CCN1CCCCCC1)C(=O)NCc1ccc2nc(C)[nH]c2c1. The van der Waals surface area contributed by atoms with Gasteiger partial charge in [0.1, 0.15) is 5.82 Å². The first kappa shape index (κ1) is 18.7. The van der Waals surface area contributed by atoms with Gasteiger partial charge in [-0.25, -0.2) is 9.78 Å². The van der Waals surface area contributed by atoms with Crippen LogP contribution in [0.2, 0.25) is 0 Å². The molecule has 6 nitrogen and oxygen atoms in total. The number of H-pyrrole nitrogens is 1. The maximum atomic E-state index is 12.5. The van der Waals surface area contributed by atoms with Crippen LogP contribution in [0, 0.1) is 6.92 Å². The zero-order valence-electron chi connectivity index (χ0n) is 16.1. The van der Waals surface area contributed by atoms with E-state index in [4.69, 9.17) is 0 Å². The minimum Gasteiger partial charge on any atom is -0.342 e. The molecular weight excluding hydrogens is 326 g/mol. The first-order valence-electron chi connectivity index (χ1n) is 9.86. The lowest BCUT2D eigenvalue weighted by Gasteiger charge is -2.26. The average Bonchev–Trinajstić information content (AvgIpc) is 2.82. The third-order valence-corrected chi connectivity index (χ3v) is 5.16. The summed E-state index contributed by atoms with van der Waals surface area (Å²) in [6.07, 6.45) is 5.26. The molecule has 2 heterocycles. The summed E-state index contributed by atoms with van der Waals surface area (Å²) < 4.78 is 0. The van der Waals surface area contributed by atoms with Gasteiger partial charge in [-0.05, 0) is 57.5 Å². The smallest absolute Gasteiger partial charge is 0.317 e. The first-order chi connectivity index (χ1) is 12.7. The van der Waals surface area contributed by atoms with Crippen molar-refractivity contribution < 1.29 is 4.79 Å². The predicted octanol–water partition coefficient (Wildman–Crippen LogP) is 3.28. The molecule has 1 fully saturated rings. The molecule has 2 amide bonds. The van der Waals surface area contributed by atoms with Crippen LogP contribution >= 0.6 is 0 Å². The molecule has 142 valence electrons. The van der Waals surface area contributed by atoms with Gasteiger partial charge in [-0.15, -0.1) is 0 Å². The molecule has 2 aromatic rings. The highest BCUT2D eigenvalue weighted by Gasteiger charge is 2.14. The third-order valence-electron chi connectivity index (χ3n) is 5.16. The average molecular weight is 358 g/mol. The number of likely N-dealkylation sites (N-methyl/N-ethyl adjacent to an activating group) is 1. The number of fused-ring (bicyclic) bond motifs is 1. The number of urea groups is 1. The van der Waals surface area contributed by atoms with Crippen molar-refractivity contribution in [3.63, 3.8) is 0 Å². The second-order valence-electron chi connectivity index (χ2n) is 7.17. The van der Waals surface area contributed by atoms with Crippen LogP contribution in [0.25, 0.3) is 11.0 Å². The van der Waals surface area contributed by atoms with E-state index in [1.165, 1.54) is 38.8 Å². The number of carbonyl (C=O) groups excluding carboxylic acids is 1. The van der Waals surface area contributed by atoms with Crippen molar-refractivity contribution in [2.45, 2.75) is 46.1 Å². The van der Waals surface area contributed by atoms with Gasteiger partial charge in [-0.2, -0.15) is 0 Å². The molecule has 1 aromatic carbocycles. The van der Waals surface area contributed by atoms with E-state index in [2.05, 4.69) is 26.3 Å². The van der Waals surface area contributed by atoms with Gasteiger partial charge in [0.05, 0.1) is 11.0 Å². The van der Waals surface area contributed by atoms with E-state index in [0.717, 1.165) is 42.1 Å². The fourth-order valence-electron chi connectivity index (χ4n) is 3.61. The van der Waals surface area contributed by atoms with Crippen molar-refractivity contribution in [3.8, 4) is 0 Å². The highest BCUT2D eigenvalue weighted by atomic mass is 16.2.